The fraction of sp³-hybridized carbons (Fsp3) is 0.478. The molecule has 2 aromatic heterocycles. The molecular weight excluding hydrogens is 390 g/mol. The topological polar surface area (TPSA) is 89.7 Å². The van der Waals surface area contributed by atoms with Crippen molar-refractivity contribution in [2.75, 3.05) is 5.32 Å². The fourth-order valence-electron chi connectivity index (χ4n) is 4.89. The second-order valence-corrected chi connectivity index (χ2v) is 8.77. The zero-order chi connectivity index (χ0) is 21.3. The number of hydrogen-bond acceptors (Lipinski definition) is 5. The van der Waals surface area contributed by atoms with Crippen LogP contribution in [0.1, 0.15) is 44.3 Å². The standard InChI is InChI=1S/C23H29N7O/c1-29-16-17(15-24-29)21-28-27-20-10-9-18(11-14-30(20)21)25-22(31)23(12-5-6-13-23)26-19-7-3-2-4-8-19/h2-4,7-8,15-16,18,26H,5-6,9-14H2,1H3,(H,25,31). The van der Waals surface area contributed by atoms with Crippen LogP contribution in [-0.2, 0) is 24.8 Å². The molecule has 1 aliphatic carbocycles. The van der Waals surface area contributed by atoms with Gasteiger partial charge in [0.1, 0.15) is 11.4 Å². The summed E-state index contributed by atoms with van der Waals surface area (Å²) < 4.78 is 3.95. The molecule has 2 aliphatic rings. The maximum Gasteiger partial charge on any atom is 0.245 e. The molecule has 2 N–H and O–H groups in total. The number of hydrogen-bond donors (Lipinski definition) is 2. The molecule has 0 bridgehead atoms. The molecule has 1 unspecified atom stereocenters. The van der Waals surface area contributed by atoms with Gasteiger partial charge in [0.2, 0.25) is 5.91 Å². The first-order valence-electron chi connectivity index (χ1n) is 11.2. The molecule has 8 nitrogen and oxygen atoms in total. The Balaban J connectivity index is 1.28. The molecule has 162 valence electrons. The molecular formula is C23H29N7O. The highest BCUT2D eigenvalue weighted by Gasteiger charge is 2.42. The molecule has 1 aromatic carbocycles. The van der Waals surface area contributed by atoms with Gasteiger partial charge in [0, 0.05) is 37.9 Å². The smallest absolute Gasteiger partial charge is 0.245 e. The van der Waals surface area contributed by atoms with Crippen LogP contribution in [-0.4, -0.2) is 42.0 Å². The number of aromatic nitrogens is 5. The summed E-state index contributed by atoms with van der Waals surface area (Å²) in [5, 5.41) is 20.0. The van der Waals surface area contributed by atoms with Crippen LogP contribution in [0, 0.1) is 0 Å². The third-order valence-electron chi connectivity index (χ3n) is 6.59. The van der Waals surface area contributed by atoms with E-state index >= 15 is 0 Å². The lowest BCUT2D eigenvalue weighted by Gasteiger charge is -2.32. The first-order chi connectivity index (χ1) is 15.1. The highest BCUT2D eigenvalue weighted by atomic mass is 16.2. The van der Waals surface area contributed by atoms with E-state index in [1.54, 1.807) is 4.68 Å². The minimum Gasteiger partial charge on any atom is -0.371 e. The Bertz CT molecular complexity index is 1050. The van der Waals surface area contributed by atoms with Crippen molar-refractivity contribution in [3.63, 3.8) is 0 Å². The van der Waals surface area contributed by atoms with Crippen molar-refractivity contribution < 1.29 is 4.79 Å². The van der Waals surface area contributed by atoms with Crippen molar-refractivity contribution in [3.05, 3.63) is 48.5 Å². The fourth-order valence-corrected chi connectivity index (χ4v) is 4.89. The van der Waals surface area contributed by atoms with Gasteiger partial charge in [-0.1, -0.05) is 31.0 Å². The molecule has 1 saturated carbocycles. The summed E-state index contributed by atoms with van der Waals surface area (Å²) in [5.74, 6) is 1.96. The lowest BCUT2D eigenvalue weighted by atomic mass is 9.94. The number of carbonyl (C=O) groups excluding carboxylic acids is 1. The molecule has 1 aliphatic heterocycles. The van der Waals surface area contributed by atoms with Gasteiger partial charge in [0.25, 0.3) is 0 Å². The van der Waals surface area contributed by atoms with E-state index < -0.39 is 5.54 Å². The van der Waals surface area contributed by atoms with Crippen LogP contribution >= 0.6 is 0 Å². The van der Waals surface area contributed by atoms with Gasteiger partial charge < -0.3 is 15.2 Å². The summed E-state index contributed by atoms with van der Waals surface area (Å²) in [7, 11) is 1.90. The zero-order valence-electron chi connectivity index (χ0n) is 17.9. The number of nitrogens with zero attached hydrogens (tertiary/aromatic N) is 5. The average Bonchev–Trinajstić information content (AvgIpc) is 3.49. The van der Waals surface area contributed by atoms with Gasteiger partial charge in [-0.15, -0.1) is 10.2 Å². The average molecular weight is 420 g/mol. The van der Waals surface area contributed by atoms with Crippen molar-refractivity contribution >= 4 is 11.6 Å². The summed E-state index contributed by atoms with van der Waals surface area (Å²) in [6.45, 7) is 0.788. The third kappa shape index (κ3) is 3.94. The predicted octanol–water partition coefficient (Wildman–Crippen LogP) is 2.92. The lowest BCUT2D eigenvalue weighted by molar-refractivity contribution is -0.126. The number of benzene rings is 1. The second-order valence-electron chi connectivity index (χ2n) is 8.77. The summed E-state index contributed by atoms with van der Waals surface area (Å²) in [6, 6.07) is 10.2. The van der Waals surface area contributed by atoms with E-state index in [2.05, 4.69) is 30.5 Å². The molecule has 1 fully saturated rings. The Morgan fingerprint density at radius 1 is 1.13 bits per heavy atom. The minimum absolute atomic E-state index is 0.129. The molecule has 8 heteroatoms. The van der Waals surface area contributed by atoms with Gasteiger partial charge in [0.05, 0.1) is 11.8 Å². The summed E-state index contributed by atoms with van der Waals surface area (Å²) >= 11 is 0. The molecule has 3 heterocycles. The summed E-state index contributed by atoms with van der Waals surface area (Å²) in [4.78, 5) is 13.4. The molecule has 0 spiro atoms. The molecule has 0 saturated heterocycles. The van der Waals surface area contributed by atoms with Crippen molar-refractivity contribution in [3.8, 4) is 11.4 Å². The number of aryl methyl sites for hydroxylation is 2. The van der Waals surface area contributed by atoms with E-state index in [0.29, 0.717) is 0 Å². The zero-order valence-corrected chi connectivity index (χ0v) is 17.9. The second kappa shape index (κ2) is 8.17. The summed E-state index contributed by atoms with van der Waals surface area (Å²) in [6.07, 6.45) is 10.2. The van der Waals surface area contributed by atoms with Crippen LogP contribution in [0.5, 0.6) is 0 Å². The molecule has 1 amide bonds. The van der Waals surface area contributed by atoms with Gasteiger partial charge in [0.15, 0.2) is 5.82 Å². The number of fused-ring (bicyclic) bond motifs is 1. The van der Waals surface area contributed by atoms with Crippen molar-refractivity contribution in [1.29, 1.82) is 0 Å². The van der Waals surface area contributed by atoms with E-state index in [1.807, 2.05) is 49.8 Å². The first-order valence-corrected chi connectivity index (χ1v) is 11.2. The first kappa shape index (κ1) is 19.8. The Morgan fingerprint density at radius 2 is 1.94 bits per heavy atom. The van der Waals surface area contributed by atoms with E-state index in [4.69, 9.17) is 0 Å². The highest BCUT2D eigenvalue weighted by molar-refractivity contribution is 5.90. The van der Waals surface area contributed by atoms with E-state index in [1.165, 1.54) is 0 Å². The van der Waals surface area contributed by atoms with Crippen LogP contribution in [0.3, 0.4) is 0 Å². The minimum atomic E-state index is -0.510. The monoisotopic (exact) mass is 419 g/mol. The normalized spacial score (nSPS) is 20.1. The summed E-state index contributed by atoms with van der Waals surface area (Å²) in [5.41, 5.74) is 1.47. The Hall–Kier alpha value is -3.16. The van der Waals surface area contributed by atoms with Crippen LogP contribution in [0.15, 0.2) is 42.7 Å². The van der Waals surface area contributed by atoms with E-state index in [-0.39, 0.29) is 11.9 Å². The molecule has 31 heavy (non-hydrogen) atoms. The van der Waals surface area contributed by atoms with Crippen molar-refractivity contribution in [2.45, 2.75) is 63.1 Å². The highest BCUT2D eigenvalue weighted by Crippen LogP contribution is 2.34. The maximum absolute atomic E-state index is 13.4. The van der Waals surface area contributed by atoms with Crippen LogP contribution in [0.25, 0.3) is 11.4 Å². The van der Waals surface area contributed by atoms with Gasteiger partial charge in [-0.05, 0) is 37.8 Å². The number of rotatable bonds is 5. The Morgan fingerprint density at radius 3 is 2.68 bits per heavy atom. The van der Waals surface area contributed by atoms with Crippen molar-refractivity contribution in [1.82, 2.24) is 29.9 Å². The molecule has 1 atom stereocenters. The molecule has 3 aromatic rings. The number of anilines is 1. The molecule has 5 rings (SSSR count). The van der Waals surface area contributed by atoms with Crippen molar-refractivity contribution in [2.24, 2.45) is 7.05 Å². The van der Waals surface area contributed by atoms with Gasteiger partial charge in [-0.25, -0.2) is 0 Å². The lowest BCUT2D eigenvalue weighted by Crippen LogP contribution is -2.53. The largest absolute Gasteiger partial charge is 0.371 e. The third-order valence-corrected chi connectivity index (χ3v) is 6.59. The maximum atomic E-state index is 13.4. The predicted molar refractivity (Wildman–Crippen MR) is 118 cm³/mol. The number of nitrogens with one attached hydrogen (secondary N) is 2. The van der Waals surface area contributed by atoms with Crippen LogP contribution in [0.2, 0.25) is 0 Å². The SMILES string of the molecule is Cn1cc(-c2nnc3n2CCC(NC(=O)C2(Nc4ccccc4)CCCC2)CC3)cn1. The van der Waals surface area contributed by atoms with Gasteiger partial charge >= 0.3 is 0 Å². The number of carbonyl (C=O) groups is 1. The number of amides is 1. The Kier molecular flexibility index (Phi) is 5.21. The van der Waals surface area contributed by atoms with Crippen LogP contribution in [0.4, 0.5) is 5.69 Å². The van der Waals surface area contributed by atoms with E-state index in [0.717, 1.165) is 74.4 Å². The van der Waals surface area contributed by atoms with Gasteiger partial charge in [-0.3, -0.25) is 9.48 Å². The number of para-hydroxylation sites is 1. The quantitative estimate of drug-likeness (QED) is 0.664. The van der Waals surface area contributed by atoms with Gasteiger partial charge in [-0.2, -0.15) is 5.10 Å². The van der Waals surface area contributed by atoms with E-state index in [9.17, 15) is 4.79 Å². The molecule has 0 radical (unpaired) electrons. The van der Waals surface area contributed by atoms with Crippen LogP contribution < -0.4 is 10.6 Å². The Labute approximate surface area is 182 Å².